The summed E-state index contributed by atoms with van der Waals surface area (Å²) in [5.74, 6) is 1.02. The molecule has 0 spiro atoms. The molecule has 0 unspecified atom stereocenters. The van der Waals surface area contributed by atoms with Crippen LogP contribution in [0.4, 0.5) is 10.8 Å². The van der Waals surface area contributed by atoms with Gasteiger partial charge in [-0.25, -0.2) is 13.4 Å². The number of thiazole rings is 1. The van der Waals surface area contributed by atoms with Gasteiger partial charge in [0.2, 0.25) is 0 Å². The molecule has 194 valence electrons. The first-order valence-electron chi connectivity index (χ1n) is 11.6. The fourth-order valence-corrected chi connectivity index (χ4v) is 5.89. The molecular formula is C27H22ClN3O5S2. The lowest BCUT2D eigenvalue weighted by Gasteiger charge is -2.19. The van der Waals surface area contributed by atoms with E-state index in [4.69, 9.17) is 20.8 Å². The third kappa shape index (κ3) is 5.67. The van der Waals surface area contributed by atoms with Crippen molar-refractivity contribution in [3.05, 3.63) is 101 Å². The van der Waals surface area contributed by atoms with Crippen LogP contribution in [0.3, 0.4) is 0 Å². The molecule has 1 N–H and O–H groups in total. The van der Waals surface area contributed by atoms with Crippen molar-refractivity contribution in [3.63, 3.8) is 0 Å². The fourth-order valence-electron chi connectivity index (χ4n) is 3.71. The van der Waals surface area contributed by atoms with E-state index in [0.717, 1.165) is 16.0 Å². The standard InChI is InChI=1S/C27H22ClN3O5S2/c1-2-35-21-11-14-24-25(16-21)37-27(29-24)31(17-22-4-3-15-36-22)26(32)18-5-9-20(10-6-18)30-38(33,34)23-12-7-19(28)8-13-23/h3-16,30H,2,17H2,1H3. The average Bonchev–Trinajstić information content (AvgIpc) is 3.57. The van der Waals surface area contributed by atoms with Crippen molar-refractivity contribution in [3.8, 4) is 5.75 Å². The van der Waals surface area contributed by atoms with Gasteiger partial charge in [-0.2, -0.15) is 0 Å². The zero-order valence-electron chi connectivity index (χ0n) is 20.1. The van der Waals surface area contributed by atoms with E-state index in [9.17, 15) is 13.2 Å². The molecule has 5 rings (SSSR count). The second-order valence-electron chi connectivity index (χ2n) is 8.17. The number of carbonyl (C=O) groups is 1. The molecule has 0 radical (unpaired) electrons. The van der Waals surface area contributed by atoms with Gasteiger partial charge >= 0.3 is 0 Å². The van der Waals surface area contributed by atoms with Crippen molar-refractivity contribution in [2.75, 3.05) is 16.2 Å². The van der Waals surface area contributed by atoms with Crippen LogP contribution in [0.2, 0.25) is 5.02 Å². The molecule has 3 aromatic carbocycles. The number of benzene rings is 3. The highest BCUT2D eigenvalue weighted by Gasteiger charge is 2.23. The second-order valence-corrected chi connectivity index (χ2v) is 11.3. The molecule has 2 aromatic heterocycles. The van der Waals surface area contributed by atoms with E-state index >= 15 is 0 Å². The summed E-state index contributed by atoms with van der Waals surface area (Å²) >= 11 is 7.23. The maximum atomic E-state index is 13.6. The van der Waals surface area contributed by atoms with Crippen LogP contribution in [0.5, 0.6) is 5.75 Å². The van der Waals surface area contributed by atoms with Crippen molar-refractivity contribution < 1.29 is 22.4 Å². The minimum atomic E-state index is -3.81. The first kappa shape index (κ1) is 25.8. The van der Waals surface area contributed by atoms with Crippen LogP contribution in [0.15, 0.2) is 94.4 Å². The lowest BCUT2D eigenvalue weighted by Crippen LogP contribution is -2.30. The van der Waals surface area contributed by atoms with Gasteiger partial charge in [-0.3, -0.25) is 14.4 Å². The number of hydrogen-bond acceptors (Lipinski definition) is 7. The predicted molar refractivity (Wildman–Crippen MR) is 149 cm³/mol. The molecule has 0 saturated heterocycles. The molecular weight excluding hydrogens is 546 g/mol. The van der Waals surface area contributed by atoms with E-state index in [-0.39, 0.29) is 17.3 Å². The number of nitrogens with one attached hydrogen (secondary N) is 1. The average molecular weight is 568 g/mol. The summed E-state index contributed by atoms with van der Waals surface area (Å²) in [4.78, 5) is 19.9. The topological polar surface area (TPSA) is 102 Å². The number of halogens is 1. The van der Waals surface area contributed by atoms with E-state index in [1.165, 1.54) is 40.5 Å². The molecule has 0 fully saturated rings. The Labute approximate surface area is 228 Å². The molecule has 0 atom stereocenters. The lowest BCUT2D eigenvalue weighted by atomic mass is 10.2. The number of rotatable bonds is 9. The first-order chi connectivity index (χ1) is 18.3. The zero-order valence-corrected chi connectivity index (χ0v) is 22.5. The lowest BCUT2D eigenvalue weighted by molar-refractivity contribution is 0.0983. The minimum absolute atomic E-state index is 0.0787. The zero-order chi connectivity index (χ0) is 26.7. The van der Waals surface area contributed by atoms with Crippen LogP contribution in [0, 0.1) is 0 Å². The van der Waals surface area contributed by atoms with Crippen molar-refractivity contribution in [2.24, 2.45) is 0 Å². The number of anilines is 2. The van der Waals surface area contributed by atoms with Crippen molar-refractivity contribution in [1.29, 1.82) is 0 Å². The number of furan rings is 1. The highest BCUT2D eigenvalue weighted by Crippen LogP contribution is 2.33. The fraction of sp³-hybridized carbons (Fsp3) is 0.111. The first-order valence-corrected chi connectivity index (χ1v) is 14.3. The van der Waals surface area contributed by atoms with Crippen LogP contribution in [-0.2, 0) is 16.6 Å². The molecule has 11 heteroatoms. The Kier molecular flexibility index (Phi) is 7.37. The van der Waals surface area contributed by atoms with Gasteiger partial charge in [-0.1, -0.05) is 22.9 Å². The maximum Gasteiger partial charge on any atom is 0.261 e. The van der Waals surface area contributed by atoms with Gasteiger partial charge < -0.3 is 9.15 Å². The normalized spacial score (nSPS) is 11.4. The number of fused-ring (bicyclic) bond motifs is 1. The number of sulfonamides is 1. The Bertz CT molecular complexity index is 1670. The van der Waals surface area contributed by atoms with E-state index in [0.29, 0.717) is 33.8 Å². The number of aromatic nitrogens is 1. The van der Waals surface area contributed by atoms with Crippen LogP contribution in [0.1, 0.15) is 23.0 Å². The Morgan fingerprint density at radius 2 is 1.84 bits per heavy atom. The highest BCUT2D eigenvalue weighted by atomic mass is 35.5. The van der Waals surface area contributed by atoms with Crippen molar-refractivity contribution in [2.45, 2.75) is 18.4 Å². The Morgan fingerprint density at radius 3 is 2.53 bits per heavy atom. The van der Waals surface area contributed by atoms with Crippen LogP contribution in [-0.4, -0.2) is 25.9 Å². The Balaban J connectivity index is 1.41. The summed E-state index contributed by atoms with van der Waals surface area (Å²) in [6.07, 6.45) is 1.55. The van der Waals surface area contributed by atoms with E-state index in [1.54, 1.807) is 42.7 Å². The smallest absolute Gasteiger partial charge is 0.261 e. The largest absolute Gasteiger partial charge is 0.494 e. The van der Waals surface area contributed by atoms with Crippen molar-refractivity contribution in [1.82, 2.24) is 4.98 Å². The van der Waals surface area contributed by atoms with Gasteiger partial charge in [0.05, 0.1) is 34.5 Å². The van der Waals surface area contributed by atoms with Crippen LogP contribution >= 0.6 is 22.9 Å². The van der Waals surface area contributed by atoms with Gasteiger partial charge in [0.1, 0.15) is 11.5 Å². The molecule has 0 aliphatic carbocycles. The number of carbonyl (C=O) groups excluding carboxylic acids is 1. The molecule has 5 aromatic rings. The SMILES string of the molecule is CCOc1ccc2nc(N(Cc3ccco3)C(=O)c3ccc(NS(=O)(=O)c4ccc(Cl)cc4)cc3)sc2c1. The van der Waals surface area contributed by atoms with Gasteiger partial charge in [0.15, 0.2) is 5.13 Å². The summed E-state index contributed by atoms with van der Waals surface area (Å²) < 4.78 is 39.9. The molecule has 8 nitrogen and oxygen atoms in total. The summed E-state index contributed by atoms with van der Waals surface area (Å²) in [5, 5.41) is 0.941. The summed E-state index contributed by atoms with van der Waals surface area (Å²) in [6, 6.07) is 21.2. The number of hydrogen-bond donors (Lipinski definition) is 1. The molecule has 38 heavy (non-hydrogen) atoms. The number of nitrogens with zero attached hydrogens (tertiary/aromatic N) is 2. The Morgan fingerprint density at radius 1 is 1.08 bits per heavy atom. The number of ether oxygens (including phenoxy) is 1. The second kappa shape index (κ2) is 10.9. The monoisotopic (exact) mass is 567 g/mol. The summed E-state index contributed by atoms with van der Waals surface area (Å²) in [6.45, 7) is 2.64. The molecule has 0 saturated carbocycles. The minimum Gasteiger partial charge on any atom is -0.494 e. The molecule has 0 bridgehead atoms. The van der Waals surface area contributed by atoms with Gasteiger partial charge in [0.25, 0.3) is 15.9 Å². The van der Waals surface area contributed by atoms with Crippen LogP contribution in [0.25, 0.3) is 10.2 Å². The van der Waals surface area contributed by atoms with Crippen LogP contribution < -0.4 is 14.4 Å². The van der Waals surface area contributed by atoms with Crippen molar-refractivity contribution >= 4 is 59.9 Å². The predicted octanol–water partition coefficient (Wildman–Crippen LogP) is 6.59. The summed E-state index contributed by atoms with van der Waals surface area (Å²) in [7, 11) is -3.81. The molecule has 0 aliphatic rings. The quantitative estimate of drug-likeness (QED) is 0.216. The van der Waals surface area contributed by atoms with E-state index in [2.05, 4.69) is 9.71 Å². The maximum absolute atomic E-state index is 13.6. The van der Waals surface area contributed by atoms with Gasteiger partial charge in [-0.05, 0) is 85.8 Å². The van der Waals surface area contributed by atoms with Gasteiger partial charge in [0, 0.05) is 16.3 Å². The third-order valence-corrected chi connectivity index (χ3v) is 8.23. The Hall–Kier alpha value is -3.86. The third-order valence-electron chi connectivity index (χ3n) is 5.54. The number of amides is 1. The van der Waals surface area contributed by atoms with E-state index < -0.39 is 10.0 Å². The van der Waals surface area contributed by atoms with Gasteiger partial charge in [-0.15, -0.1) is 0 Å². The molecule has 1 amide bonds. The molecule has 2 heterocycles. The highest BCUT2D eigenvalue weighted by molar-refractivity contribution is 7.92. The van der Waals surface area contributed by atoms with E-state index in [1.807, 2.05) is 25.1 Å². The molecule has 0 aliphatic heterocycles. The summed E-state index contributed by atoms with van der Waals surface area (Å²) in [5.41, 5.74) is 1.43.